The number of hydrogen-bond donors (Lipinski definition) is 0. The van der Waals surface area contributed by atoms with Crippen LogP contribution in [0.5, 0.6) is 11.5 Å². The highest BCUT2D eigenvalue weighted by Crippen LogP contribution is 2.31. The molecule has 1 heterocycles. The van der Waals surface area contributed by atoms with Gasteiger partial charge in [0, 0.05) is 17.7 Å². The molecule has 8 heteroatoms. The molecule has 1 aromatic heterocycles. The van der Waals surface area contributed by atoms with Gasteiger partial charge in [0.1, 0.15) is 12.5 Å². The third-order valence-corrected chi connectivity index (χ3v) is 4.00. The van der Waals surface area contributed by atoms with Gasteiger partial charge in [-0.1, -0.05) is 12.1 Å². The Labute approximate surface area is 155 Å². The molecule has 0 amide bonds. The fourth-order valence-electron chi connectivity index (χ4n) is 2.75. The predicted octanol–water partition coefficient (Wildman–Crippen LogP) is 2.75. The SMILES string of the molecule is COc1cccc(CN(C)Cn2nc(-c3ccc(F)cc3)oc2=O)c1OC. The third kappa shape index (κ3) is 4.17. The molecule has 142 valence electrons. The molecule has 0 aliphatic heterocycles. The molecule has 7 nitrogen and oxygen atoms in total. The normalized spacial score (nSPS) is 11.0. The van der Waals surface area contributed by atoms with Gasteiger partial charge in [-0.25, -0.2) is 9.18 Å². The Balaban J connectivity index is 1.76. The summed E-state index contributed by atoms with van der Waals surface area (Å²) >= 11 is 0. The molecule has 3 aromatic rings. The van der Waals surface area contributed by atoms with Crippen molar-refractivity contribution in [2.45, 2.75) is 13.2 Å². The van der Waals surface area contributed by atoms with Crippen molar-refractivity contribution >= 4 is 0 Å². The van der Waals surface area contributed by atoms with Crippen LogP contribution in [0, 0.1) is 5.82 Å². The molecule has 0 saturated heterocycles. The van der Waals surface area contributed by atoms with E-state index >= 15 is 0 Å². The van der Waals surface area contributed by atoms with Gasteiger partial charge in [0.25, 0.3) is 0 Å². The van der Waals surface area contributed by atoms with Crippen LogP contribution in [0.25, 0.3) is 11.5 Å². The molecule has 27 heavy (non-hydrogen) atoms. The predicted molar refractivity (Wildman–Crippen MR) is 97.2 cm³/mol. The zero-order valence-electron chi connectivity index (χ0n) is 15.3. The van der Waals surface area contributed by atoms with Crippen LogP contribution in [-0.4, -0.2) is 35.9 Å². The first kappa shape index (κ1) is 18.7. The van der Waals surface area contributed by atoms with Crippen LogP contribution in [0.15, 0.2) is 51.7 Å². The lowest BCUT2D eigenvalue weighted by Crippen LogP contribution is -2.28. The first-order valence-electron chi connectivity index (χ1n) is 8.24. The van der Waals surface area contributed by atoms with E-state index in [0.717, 1.165) is 5.56 Å². The van der Waals surface area contributed by atoms with Gasteiger partial charge in [-0.2, -0.15) is 4.68 Å². The van der Waals surface area contributed by atoms with Crippen molar-refractivity contribution in [1.82, 2.24) is 14.7 Å². The quantitative estimate of drug-likeness (QED) is 0.634. The summed E-state index contributed by atoms with van der Waals surface area (Å²) in [5, 5.41) is 4.19. The largest absolute Gasteiger partial charge is 0.493 e. The van der Waals surface area contributed by atoms with E-state index in [4.69, 9.17) is 13.9 Å². The molecule has 0 aliphatic carbocycles. The zero-order valence-corrected chi connectivity index (χ0v) is 15.3. The van der Waals surface area contributed by atoms with Crippen molar-refractivity contribution in [2.24, 2.45) is 0 Å². The molecule has 0 unspecified atom stereocenters. The summed E-state index contributed by atoms with van der Waals surface area (Å²) in [6, 6.07) is 11.2. The molecule has 0 saturated carbocycles. The molecular formula is C19H20FN3O4. The Bertz CT molecular complexity index is 966. The van der Waals surface area contributed by atoms with Crippen molar-refractivity contribution in [3.05, 3.63) is 64.4 Å². The summed E-state index contributed by atoms with van der Waals surface area (Å²) in [5.74, 6) is 0.477. The number of aromatic nitrogens is 2. The van der Waals surface area contributed by atoms with Crippen LogP contribution in [-0.2, 0) is 13.2 Å². The Hall–Kier alpha value is -3.13. The molecule has 0 radical (unpaired) electrons. The van der Waals surface area contributed by atoms with Gasteiger partial charge in [0.2, 0.25) is 5.89 Å². The van der Waals surface area contributed by atoms with Gasteiger partial charge in [0.05, 0.1) is 14.2 Å². The van der Waals surface area contributed by atoms with Gasteiger partial charge in [-0.15, -0.1) is 5.10 Å². The maximum atomic E-state index is 13.0. The molecule has 0 spiro atoms. The van der Waals surface area contributed by atoms with E-state index in [1.54, 1.807) is 14.2 Å². The van der Waals surface area contributed by atoms with E-state index in [9.17, 15) is 9.18 Å². The van der Waals surface area contributed by atoms with Crippen LogP contribution in [0.4, 0.5) is 4.39 Å². The van der Waals surface area contributed by atoms with Crippen LogP contribution >= 0.6 is 0 Å². The highest BCUT2D eigenvalue weighted by Gasteiger charge is 2.15. The number of para-hydroxylation sites is 1. The second kappa shape index (κ2) is 8.05. The second-order valence-corrected chi connectivity index (χ2v) is 5.99. The number of hydrogen-bond acceptors (Lipinski definition) is 6. The van der Waals surface area contributed by atoms with E-state index in [-0.39, 0.29) is 18.4 Å². The topological polar surface area (TPSA) is 69.7 Å². The lowest BCUT2D eigenvalue weighted by Gasteiger charge is -2.18. The van der Waals surface area contributed by atoms with Crippen LogP contribution in [0.1, 0.15) is 5.56 Å². The Morgan fingerprint density at radius 1 is 1.15 bits per heavy atom. The fraction of sp³-hybridized carbons (Fsp3) is 0.263. The van der Waals surface area contributed by atoms with Gasteiger partial charge < -0.3 is 13.9 Å². The average molecular weight is 373 g/mol. The summed E-state index contributed by atoms with van der Waals surface area (Å²) in [5.41, 5.74) is 1.44. The summed E-state index contributed by atoms with van der Waals surface area (Å²) in [6.07, 6.45) is 0. The Morgan fingerprint density at radius 3 is 2.56 bits per heavy atom. The molecule has 0 aliphatic rings. The van der Waals surface area contributed by atoms with Gasteiger partial charge in [0.15, 0.2) is 11.5 Å². The minimum absolute atomic E-state index is 0.146. The van der Waals surface area contributed by atoms with Gasteiger partial charge >= 0.3 is 5.76 Å². The van der Waals surface area contributed by atoms with Crippen molar-refractivity contribution in [3.63, 3.8) is 0 Å². The number of benzene rings is 2. The maximum absolute atomic E-state index is 13.0. The number of rotatable bonds is 7. The molecule has 3 rings (SSSR count). The van der Waals surface area contributed by atoms with Gasteiger partial charge in [-0.05, 0) is 37.4 Å². The molecule has 0 atom stereocenters. The first-order valence-corrected chi connectivity index (χ1v) is 8.24. The zero-order chi connectivity index (χ0) is 19.4. The van der Waals surface area contributed by atoms with E-state index in [1.807, 2.05) is 30.1 Å². The lowest BCUT2D eigenvalue weighted by molar-refractivity contribution is 0.232. The van der Waals surface area contributed by atoms with E-state index in [2.05, 4.69) is 5.10 Å². The standard InChI is InChI=1S/C19H20FN3O4/c1-22(11-14-5-4-6-16(25-2)17(14)26-3)12-23-19(24)27-18(21-23)13-7-9-15(20)10-8-13/h4-10H,11-12H2,1-3H3. The lowest BCUT2D eigenvalue weighted by atomic mass is 10.1. The molecule has 0 bridgehead atoms. The molecule has 0 fully saturated rings. The van der Waals surface area contributed by atoms with Crippen LogP contribution in [0.2, 0.25) is 0 Å². The highest BCUT2D eigenvalue weighted by atomic mass is 19.1. The Morgan fingerprint density at radius 2 is 1.89 bits per heavy atom. The monoisotopic (exact) mass is 373 g/mol. The summed E-state index contributed by atoms with van der Waals surface area (Å²) in [4.78, 5) is 14.0. The molecule has 2 aromatic carbocycles. The summed E-state index contributed by atoms with van der Waals surface area (Å²) in [7, 11) is 5.01. The number of halogens is 1. The van der Waals surface area contributed by atoms with Crippen LogP contribution < -0.4 is 15.2 Å². The minimum atomic E-state index is -0.584. The van der Waals surface area contributed by atoms with E-state index < -0.39 is 5.76 Å². The first-order chi connectivity index (χ1) is 13.0. The van der Waals surface area contributed by atoms with Gasteiger partial charge in [-0.3, -0.25) is 4.90 Å². The number of methoxy groups -OCH3 is 2. The molecular weight excluding hydrogens is 353 g/mol. The third-order valence-electron chi connectivity index (χ3n) is 4.00. The van der Waals surface area contributed by atoms with Crippen molar-refractivity contribution in [2.75, 3.05) is 21.3 Å². The Kier molecular flexibility index (Phi) is 5.56. The number of ether oxygens (including phenoxy) is 2. The number of nitrogens with zero attached hydrogens (tertiary/aromatic N) is 3. The smallest absolute Gasteiger partial charge is 0.438 e. The van der Waals surface area contributed by atoms with E-state index in [1.165, 1.54) is 28.9 Å². The van der Waals surface area contributed by atoms with E-state index in [0.29, 0.717) is 23.6 Å². The van der Waals surface area contributed by atoms with Crippen LogP contribution in [0.3, 0.4) is 0 Å². The average Bonchev–Trinajstić information content (AvgIpc) is 3.02. The summed E-state index contributed by atoms with van der Waals surface area (Å²) < 4.78 is 30.2. The fourth-order valence-corrected chi connectivity index (χ4v) is 2.75. The molecule has 0 N–H and O–H groups in total. The van der Waals surface area contributed by atoms with Crippen molar-refractivity contribution < 1.29 is 18.3 Å². The highest BCUT2D eigenvalue weighted by molar-refractivity contribution is 5.51. The minimum Gasteiger partial charge on any atom is -0.493 e. The van der Waals surface area contributed by atoms with Crippen molar-refractivity contribution in [1.29, 1.82) is 0 Å². The van der Waals surface area contributed by atoms with Crippen molar-refractivity contribution in [3.8, 4) is 23.0 Å². The second-order valence-electron chi connectivity index (χ2n) is 5.99. The maximum Gasteiger partial charge on any atom is 0.438 e. The summed E-state index contributed by atoms with van der Waals surface area (Å²) in [6.45, 7) is 0.718.